The van der Waals surface area contributed by atoms with Crippen molar-refractivity contribution in [2.45, 2.75) is 25.7 Å². The molecule has 2 rings (SSSR count). The first-order chi connectivity index (χ1) is 7.18. The zero-order chi connectivity index (χ0) is 10.8. The molecular weight excluding hydrogens is 196 g/mol. The number of aryl methyl sites for hydroxylation is 1. The molecule has 0 spiro atoms. The van der Waals surface area contributed by atoms with E-state index in [-0.39, 0.29) is 11.7 Å². The Kier molecular flexibility index (Phi) is 2.77. The van der Waals surface area contributed by atoms with Gasteiger partial charge in [-0.25, -0.2) is 4.79 Å². The van der Waals surface area contributed by atoms with Crippen LogP contribution in [0.4, 0.5) is 0 Å². The zero-order valence-electron chi connectivity index (χ0n) is 8.66. The Hall–Kier alpha value is -1.29. The summed E-state index contributed by atoms with van der Waals surface area (Å²) in [5.41, 5.74) is -0.0803. The van der Waals surface area contributed by atoms with Crippen molar-refractivity contribution >= 4 is 0 Å². The fraction of sp³-hybridized carbons (Fsp3) is 0.545. The molecule has 2 heterocycles. The highest BCUT2D eigenvalue weighted by atomic mass is 16.5. The highest BCUT2D eigenvalue weighted by Gasteiger charge is 2.23. The number of hydrogen-bond acceptors (Lipinski definition) is 4. The van der Waals surface area contributed by atoms with Gasteiger partial charge in [0.1, 0.15) is 11.5 Å². The van der Waals surface area contributed by atoms with Gasteiger partial charge >= 0.3 is 5.63 Å². The largest absolute Gasteiger partial charge is 0.507 e. The van der Waals surface area contributed by atoms with Gasteiger partial charge in [-0.3, -0.25) is 0 Å². The molecule has 1 aromatic rings. The van der Waals surface area contributed by atoms with Gasteiger partial charge in [0, 0.05) is 18.6 Å². The fourth-order valence-corrected chi connectivity index (χ4v) is 1.95. The second kappa shape index (κ2) is 4.06. The number of hydrogen-bond donors (Lipinski definition) is 1. The summed E-state index contributed by atoms with van der Waals surface area (Å²) < 4.78 is 10.3. The molecular formula is C11H14O4. The van der Waals surface area contributed by atoms with Gasteiger partial charge in [0.05, 0.1) is 12.2 Å². The van der Waals surface area contributed by atoms with E-state index in [0.717, 1.165) is 19.4 Å². The summed E-state index contributed by atoms with van der Waals surface area (Å²) in [7, 11) is 0. The van der Waals surface area contributed by atoms with Crippen molar-refractivity contribution in [3.63, 3.8) is 0 Å². The molecule has 1 saturated heterocycles. The van der Waals surface area contributed by atoms with Gasteiger partial charge in [0.2, 0.25) is 0 Å². The van der Waals surface area contributed by atoms with Crippen molar-refractivity contribution in [1.82, 2.24) is 0 Å². The SMILES string of the molecule is Cc1cc(O)c([C@@H]2CCCOC2)c(=O)o1. The van der Waals surface area contributed by atoms with Crippen molar-refractivity contribution in [3.05, 3.63) is 27.8 Å². The van der Waals surface area contributed by atoms with Gasteiger partial charge in [0.15, 0.2) is 0 Å². The molecule has 82 valence electrons. The summed E-state index contributed by atoms with van der Waals surface area (Å²) in [6.07, 6.45) is 1.78. The second-order valence-corrected chi connectivity index (χ2v) is 3.86. The molecule has 0 radical (unpaired) electrons. The lowest BCUT2D eigenvalue weighted by Gasteiger charge is -2.21. The molecule has 4 heteroatoms. The normalized spacial score (nSPS) is 21.5. The Morgan fingerprint density at radius 1 is 1.53 bits per heavy atom. The number of rotatable bonds is 1. The summed E-state index contributed by atoms with van der Waals surface area (Å²) in [5.74, 6) is 0.424. The first-order valence-corrected chi connectivity index (χ1v) is 5.10. The van der Waals surface area contributed by atoms with E-state index in [4.69, 9.17) is 9.15 Å². The fourth-order valence-electron chi connectivity index (χ4n) is 1.95. The standard InChI is InChI=1S/C11H14O4/c1-7-5-9(12)10(11(13)15-7)8-3-2-4-14-6-8/h5,8,12H,2-4,6H2,1H3/t8-/m1/s1. The predicted octanol–water partition coefficient (Wildman–Crippen LogP) is 1.55. The Labute approximate surface area is 87.5 Å². The summed E-state index contributed by atoms with van der Waals surface area (Å²) in [5, 5.41) is 9.71. The topological polar surface area (TPSA) is 59.7 Å². The minimum atomic E-state index is -0.442. The third-order valence-corrected chi connectivity index (χ3v) is 2.66. The van der Waals surface area contributed by atoms with E-state index < -0.39 is 5.63 Å². The highest BCUT2D eigenvalue weighted by Crippen LogP contribution is 2.29. The van der Waals surface area contributed by atoms with Crippen molar-refractivity contribution in [2.75, 3.05) is 13.2 Å². The van der Waals surface area contributed by atoms with Crippen LogP contribution < -0.4 is 5.63 Å². The van der Waals surface area contributed by atoms with E-state index in [0.29, 0.717) is 17.9 Å². The molecule has 1 aromatic heterocycles. The average molecular weight is 210 g/mol. The van der Waals surface area contributed by atoms with Gasteiger partial charge in [0.25, 0.3) is 0 Å². The third kappa shape index (κ3) is 2.04. The number of ether oxygens (including phenoxy) is 1. The van der Waals surface area contributed by atoms with Gasteiger partial charge in [-0.15, -0.1) is 0 Å². The smallest absolute Gasteiger partial charge is 0.343 e. The maximum Gasteiger partial charge on any atom is 0.343 e. The Morgan fingerprint density at radius 3 is 2.93 bits per heavy atom. The Morgan fingerprint density at radius 2 is 2.33 bits per heavy atom. The Balaban J connectivity index is 2.38. The quantitative estimate of drug-likeness (QED) is 0.764. The van der Waals surface area contributed by atoms with E-state index >= 15 is 0 Å². The van der Waals surface area contributed by atoms with Crippen LogP contribution in [0.5, 0.6) is 5.75 Å². The van der Waals surface area contributed by atoms with Gasteiger partial charge in [-0.1, -0.05) is 0 Å². The molecule has 1 aliphatic rings. The molecule has 4 nitrogen and oxygen atoms in total. The minimum absolute atomic E-state index is 0.0271. The first-order valence-electron chi connectivity index (χ1n) is 5.10. The van der Waals surface area contributed by atoms with Crippen LogP contribution in [0.25, 0.3) is 0 Å². The molecule has 1 N–H and O–H groups in total. The third-order valence-electron chi connectivity index (χ3n) is 2.66. The summed E-state index contributed by atoms with van der Waals surface area (Å²) in [4.78, 5) is 11.6. The minimum Gasteiger partial charge on any atom is -0.507 e. The van der Waals surface area contributed by atoms with Gasteiger partial charge in [-0.2, -0.15) is 0 Å². The van der Waals surface area contributed by atoms with Crippen LogP contribution >= 0.6 is 0 Å². The van der Waals surface area contributed by atoms with E-state index in [2.05, 4.69) is 0 Å². The maximum absolute atomic E-state index is 11.6. The summed E-state index contributed by atoms with van der Waals surface area (Å²) >= 11 is 0. The molecule has 0 aliphatic carbocycles. The molecule has 0 saturated carbocycles. The monoisotopic (exact) mass is 210 g/mol. The van der Waals surface area contributed by atoms with Crippen LogP contribution in [0.15, 0.2) is 15.3 Å². The lowest BCUT2D eigenvalue weighted by Crippen LogP contribution is -2.21. The van der Waals surface area contributed by atoms with Crippen LogP contribution in [0, 0.1) is 6.92 Å². The molecule has 1 atom stereocenters. The second-order valence-electron chi connectivity index (χ2n) is 3.86. The lowest BCUT2D eigenvalue weighted by molar-refractivity contribution is 0.0785. The molecule has 0 aromatic carbocycles. The van der Waals surface area contributed by atoms with E-state index in [9.17, 15) is 9.90 Å². The van der Waals surface area contributed by atoms with Crippen molar-refractivity contribution in [1.29, 1.82) is 0 Å². The van der Waals surface area contributed by atoms with Gasteiger partial charge < -0.3 is 14.3 Å². The molecule has 1 aliphatic heterocycles. The number of aromatic hydroxyl groups is 1. The van der Waals surface area contributed by atoms with E-state index in [1.807, 2.05) is 0 Å². The summed E-state index contributed by atoms with van der Waals surface area (Å²) in [6.45, 7) is 2.86. The van der Waals surface area contributed by atoms with Crippen LogP contribution in [0.2, 0.25) is 0 Å². The summed E-state index contributed by atoms with van der Waals surface area (Å²) in [6, 6.07) is 1.48. The van der Waals surface area contributed by atoms with E-state index in [1.54, 1.807) is 6.92 Å². The van der Waals surface area contributed by atoms with Crippen LogP contribution in [0.1, 0.15) is 30.1 Å². The van der Waals surface area contributed by atoms with Gasteiger partial charge in [-0.05, 0) is 19.8 Å². The molecule has 1 fully saturated rings. The zero-order valence-corrected chi connectivity index (χ0v) is 8.66. The van der Waals surface area contributed by atoms with Crippen molar-refractivity contribution in [3.8, 4) is 5.75 Å². The highest BCUT2D eigenvalue weighted by molar-refractivity contribution is 5.33. The molecule has 0 unspecified atom stereocenters. The maximum atomic E-state index is 11.6. The van der Waals surface area contributed by atoms with Crippen LogP contribution in [0.3, 0.4) is 0 Å². The lowest BCUT2D eigenvalue weighted by atomic mass is 9.94. The first kappa shape index (κ1) is 10.2. The molecule has 15 heavy (non-hydrogen) atoms. The predicted molar refractivity (Wildman–Crippen MR) is 54.2 cm³/mol. The van der Waals surface area contributed by atoms with E-state index in [1.165, 1.54) is 6.07 Å². The molecule has 0 amide bonds. The van der Waals surface area contributed by atoms with Crippen molar-refractivity contribution in [2.24, 2.45) is 0 Å². The Bertz CT molecular complexity index is 402. The molecule has 0 bridgehead atoms. The average Bonchev–Trinajstić information content (AvgIpc) is 2.17. The van der Waals surface area contributed by atoms with Crippen molar-refractivity contribution < 1.29 is 14.3 Å². The van der Waals surface area contributed by atoms with Crippen LogP contribution in [-0.4, -0.2) is 18.3 Å². The van der Waals surface area contributed by atoms with Crippen LogP contribution in [-0.2, 0) is 4.74 Å².